The third-order valence-electron chi connectivity index (χ3n) is 5.46. The fourth-order valence-corrected chi connectivity index (χ4v) is 5.93. The molecule has 1 N–H and O–H groups in total. The average Bonchev–Trinajstić information content (AvgIpc) is 3.20. The molecule has 0 aromatic heterocycles. The van der Waals surface area contributed by atoms with Crippen LogP contribution >= 0.6 is 11.8 Å². The van der Waals surface area contributed by atoms with Crippen molar-refractivity contribution in [2.75, 3.05) is 17.8 Å². The molecule has 4 rings (SSSR count). The summed E-state index contributed by atoms with van der Waals surface area (Å²) in [4.78, 5) is 14.5. The Kier molecular flexibility index (Phi) is 6.67. The van der Waals surface area contributed by atoms with E-state index in [1.165, 1.54) is 43.1 Å². The van der Waals surface area contributed by atoms with E-state index >= 15 is 0 Å². The van der Waals surface area contributed by atoms with Gasteiger partial charge in [-0.3, -0.25) is 14.4 Å². The first-order valence-electron chi connectivity index (χ1n) is 10.4. The van der Waals surface area contributed by atoms with Crippen LogP contribution in [-0.4, -0.2) is 27.2 Å². The summed E-state index contributed by atoms with van der Waals surface area (Å²) in [5.74, 6) is 0.491. The molecule has 3 aromatic carbocycles. The number of halogens is 1. The quantitative estimate of drug-likeness (QED) is 0.503. The van der Waals surface area contributed by atoms with E-state index < -0.39 is 10.0 Å². The number of nitrogens with one attached hydrogen (secondary N) is 1. The number of thioether (sulfide) groups is 1. The van der Waals surface area contributed by atoms with Crippen molar-refractivity contribution < 1.29 is 22.3 Å². The van der Waals surface area contributed by atoms with Gasteiger partial charge < -0.3 is 4.74 Å². The number of hydrogen-bond donors (Lipinski definition) is 1. The van der Waals surface area contributed by atoms with Crippen molar-refractivity contribution in [2.24, 2.45) is 0 Å². The van der Waals surface area contributed by atoms with Crippen LogP contribution in [0, 0.1) is 12.7 Å². The van der Waals surface area contributed by atoms with Crippen molar-refractivity contribution in [3.05, 3.63) is 95.8 Å². The van der Waals surface area contributed by atoms with Crippen molar-refractivity contribution in [1.82, 2.24) is 4.72 Å². The van der Waals surface area contributed by atoms with Crippen LogP contribution in [0.5, 0.6) is 5.75 Å². The molecule has 0 bridgehead atoms. The minimum absolute atomic E-state index is 0.0470. The van der Waals surface area contributed by atoms with E-state index in [2.05, 4.69) is 11.3 Å². The number of carbonyl (C=O) groups excluding carboxylic acids is 1. The molecule has 1 fully saturated rings. The van der Waals surface area contributed by atoms with Gasteiger partial charge in [-0.05, 0) is 72.1 Å². The monoisotopic (exact) mass is 498 g/mol. The van der Waals surface area contributed by atoms with Crippen molar-refractivity contribution in [3.63, 3.8) is 0 Å². The molecule has 176 valence electrons. The lowest BCUT2D eigenvalue weighted by atomic mass is 10.1. The SMILES string of the molecule is C=C(NS(=O)(=O)c1ccc(OC)cc1)c1ccc(N2C(=O)CSC2c2ccc(F)cc2)c(C)c1. The molecule has 0 spiro atoms. The van der Waals surface area contributed by atoms with Crippen molar-refractivity contribution >= 4 is 39.1 Å². The first kappa shape index (κ1) is 23.8. The predicted octanol–water partition coefficient (Wildman–Crippen LogP) is 4.87. The number of carbonyl (C=O) groups is 1. The van der Waals surface area contributed by atoms with Crippen molar-refractivity contribution in [2.45, 2.75) is 17.2 Å². The molecular formula is C25H23FN2O4S2. The Morgan fingerprint density at radius 3 is 2.41 bits per heavy atom. The normalized spacial score (nSPS) is 15.9. The van der Waals surface area contributed by atoms with Crippen molar-refractivity contribution in [1.29, 1.82) is 0 Å². The molecule has 3 aromatic rings. The lowest BCUT2D eigenvalue weighted by Crippen LogP contribution is -2.28. The highest BCUT2D eigenvalue weighted by Gasteiger charge is 2.34. The van der Waals surface area contributed by atoms with Crippen LogP contribution in [-0.2, 0) is 14.8 Å². The largest absolute Gasteiger partial charge is 0.497 e. The molecule has 6 nitrogen and oxygen atoms in total. The van der Waals surface area contributed by atoms with Gasteiger partial charge in [0.05, 0.1) is 17.8 Å². The van der Waals surface area contributed by atoms with Crippen molar-refractivity contribution in [3.8, 4) is 5.75 Å². The van der Waals surface area contributed by atoms with Gasteiger partial charge >= 0.3 is 0 Å². The predicted molar refractivity (Wildman–Crippen MR) is 133 cm³/mol. The van der Waals surface area contributed by atoms with Gasteiger partial charge in [0, 0.05) is 11.4 Å². The molecular weight excluding hydrogens is 475 g/mol. The summed E-state index contributed by atoms with van der Waals surface area (Å²) in [5, 5.41) is -0.269. The maximum Gasteiger partial charge on any atom is 0.261 e. The van der Waals surface area contributed by atoms with Crippen LogP contribution in [0.25, 0.3) is 5.70 Å². The van der Waals surface area contributed by atoms with E-state index in [9.17, 15) is 17.6 Å². The number of benzene rings is 3. The summed E-state index contributed by atoms with van der Waals surface area (Å²) in [6.07, 6.45) is 0. The van der Waals surface area contributed by atoms with Gasteiger partial charge in [-0.1, -0.05) is 24.8 Å². The van der Waals surface area contributed by atoms with Crippen LogP contribution < -0.4 is 14.4 Å². The molecule has 1 heterocycles. The van der Waals surface area contributed by atoms with E-state index in [0.29, 0.717) is 22.8 Å². The lowest BCUT2D eigenvalue weighted by Gasteiger charge is -2.26. The van der Waals surface area contributed by atoms with Gasteiger partial charge in [-0.15, -0.1) is 11.8 Å². The second-order valence-corrected chi connectivity index (χ2v) is 10.5. The van der Waals surface area contributed by atoms with Gasteiger partial charge in [0.1, 0.15) is 16.9 Å². The Bertz CT molecular complexity index is 1340. The number of amides is 1. The highest BCUT2D eigenvalue weighted by atomic mass is 32.2. The first-order valence-corrected chi connectivity index (χ1v) is 12.9. The molecule has 1 atom stereocenters. The van der Waals surface area contributed by atoms with E-state index in [1.807, 2.05) is 6.92 Å². The Hall–Kier alpha value is -3.30. The smallest absolute Gasteiger partial charge is 0.261 e. The molecule has 0 aliphatic carbocycles. The molecule has 1 amide bonds. The van der Waals surface area contributed by atoms with Gasteiger partial charge in [0.15, 0.2) is 0 Å². The third-order valence-corrected chi connectivity index (χ3v) is 8.08. The summed E-state index contributed by atoms with van der Waals surface area (Å²) in [7, 11) is -2.33. The van der Waals surface area contributed by atoms with Crippen LogP contribution in [0.15, 0.2) is 78.2 Å². The fraction of sp³-hybridized carbons (Fsp3) is 0.160. The molecule has 34 heavy (non-hydrogen) atoms. The summed E-state index contributed by atoms with van der Waals surface area (Å²) < 4.78 is 46.4. The van der Waals surface area contributed by atoms with Crippen LogP contribution in [0.1, 0.15) is 22.1 Å². The fourth-order valence-electron chi connectivity index (χ4n) is 3.71. The number of ether oxygens (including phenoxy) is 1. The Labute approximate surface area is 202 Å². The summed E-state index contributed by atoms with van der Waals surface area (Å²) in [6.45, 7) is 5.74. The first-order chi connectivity index (χ1) is 16.2. The van der Waals surface area contributed by atoms with E-state index in [-0.39, 0.29) is 27.7 Å². The maximum atomic E-state index is 13.4. The zero-order valence-electron chi connectivity index (χ0n) is 18.6. The van der Waals surface area contributed by atoms with Crippen LogP contribution in [0.2, 0.25) is 0 Å². The minimum Gasteiger partial charge on any atom is -0.497 e. The number of nitrogens with zero attached hydrogens (tertiary/aromatic N) is 1. The average molecular weight is 499 g/mol. The van der Waals surface area contributed by atoms with E-state index in [1.54, 1.807) is 47.4 Å². The Morgan fingerprint density at radius 1 is 1.12 bits per heavy atom. The van der Waals surface area contributed by atoms with Gasteiger partial charge in [0.25, 0.3) is 10.0 Å². The van der Waals surface area contributed by atoms with Gasteiger partial charge in [-0.2, -0.15) is 0 Å². The molecule has 1 saturated heterocycles. The molecule has 1 unspecified atom stereocenters. The van der Waals surface area contributed by atoms with Gasteiger partial charge in [-0.25, -0.2) is 12.8 Å². The number of aryl methyl sites for hydroxylation is 1. The highest BCUT2D eigenvalue weighted by molar-refractivity contribution is 8.00. The van der Waals surface area contributed by atoms with E-state index in [0.717, 1.165) is 11.1 Å². The Balaban J connectivity index is 1.56. The zero-order valence-corrected chi connectivity index (χ0v) is 20.3. The van der Waals surface area contributed by atoms with Crippen LogP contribution in [0.4, 0.5) is 10.1 Å². The number of sulfonamides is 1. The summed E-state index contributed by atoms with van der Waals surface area (Å²) in [5.41, 5.74) is 3.11. The minimum atomic E-state index is -3.83. The second kappa shape index (κ2) is 9.52. The van der Waals surface area contributed by atoms with Gasteiger partial charge in [0.2, 0.25) is 5.91 Å². The molecule has 1 aliphatic rings. The molecule has 0 radical (unpaired) electrons. The standard InChI is InChI=1S/C25H23FN2O4S2/c1-16-14-19(17(2)27-34(30,31)22-11-9-21(32-3)10-12-22)6-13-23(16)28-24(29)15-33-25(28)18-4-7-20(26)8-5-18/h4-14,25,27H,2,15H2,1,3H3. The number of rotatable bonds is 7. The summed E-state index contributed by atoms with van der Waals surface area (Å²) >= 11 is 1.48. The van der Waals surface area contributed by atoms with Crippen LogP contribution in [0.3, 0.4) is 0 Å². The molecule has 9 heteroatoms. The number of methoxy groups -OCH3 is 1. The topological polar surface area (TPSA) is 75.7 Å². The number of hydrogen-bond acceptors (Lipinski definition) is 5. The maximum absolute atomic E-state index is 13.4. The molecule has 0 saturated carbocycles. The third kappa shape index (κ3) is 4.80. The lowest BCUT2D eigenvalue weighted by molar-refractivity contribution is -0.115. The summed E-state index contributed by atoms with van der Waals surface area (Å²) in [6, 6.07) is 17.4. The zero-order chi connectivity index (χ0) is 24.5. The number of anilines is 1. The Morgan fingerprint density at radius 2 is 1.79 bits per heavy atom. The second-order valence-electron chi connectivity index (χ2n) is 7.74. The highest BCUT2D eigenvalue weighted by Crippen LogP contribution is 2.43. The molecule has 1 aliphatic heterocycles. The van der Waals surface area contributed by atoms with E-state index in [4.69, 9.17) is 4.74 Å².